The Morgan fingerprint density at radius 1 is 1.00 bits per heavy atom. The molecule has 0 radical (unpaired) electrons. The number of aromatic carboxylic acids is 1. The summed E-state index contributed by atoms with van der Waals surface area (Å²) < 4.78 is 0. The van der Waals surface area contributed by atoms with Crippen LogP contribution >= 0.6 is 0 Å². The lowest BCUT2D eigenvalue weighted by atomic mass is 10.0. The second-order valence-corrected chi connectivity index (χ2v) is 3.98. The summed E-state index contributed by atoms with van der Waals surface area (Å²) in [5.41, 5.74) is 2.32. The van der Waals surface area contributed by atoms with E-state index in [4.69, 9.17) is 5.11 Å². The smallest absolute Gasteiger partial charge is 0.335 e. The van der Waals surface area contributed by atoms with E-state index in [0.29, 0.717) is 12.0 Å². The maximum Gasteiger partial charge on any atom is 0.335 e. The van der Waals surface area contributed by atoms with Gasteiger partial charge in [0.1, 0.15) is 0 Å². The molecule has 0 aliphatic rings. The Morgan fingerprint density at radius 2 is 1.67 bits per heavy atom. The fourth-order valence-electron chi connectivity index (χ4n) is 1.79. The zero-order valence-corrected chi connectivity index (χ0v) is 9.91. The topological polar surface area (TPSA) is 37.3 Å². The van der Waals surface area contributed by atoms with Gasteiger partial charge in [0, 0.05) is 0 Å². The molecule has 90 valence electrons. The molecule has 2 aromatic rings. The lowest BCUT2D eigenvalue weighted by Gasteiger charge is -2.02. The van der Waals surface area contributed by atoms with Crippen molar-refractivity contribution < 1.29 is 9.90 Å². The van der Waals surface area contributed by atoms with Crippen LogP contribution in [0.1, 0.15) is 21.5 Å². The SMILES string of the molecule is O=C(O)c1ccccc1C/C=C/c1ccccc1. The molecule has 0 amide bonds. The number of hydrogen-bond acceptors (Lipinski definition) is 1. The standard InChI is InChI=1S/C16H14O2/c17-16(18)15-12-5-4-10-14(15)11-6-9-13-7-2-1-3-8-13/h1-10,12H,11H2,(H,17,18)/b9-6+. The molecular weight excluding hydrogens is 224 g/mol. The van der Waals surface area contributed by atoms with Gasteiger partial charge < -0.3 is 5.11 Å². The van der Waals surface area contributed by atoms with E-state index in [0.717, 1.165) is 11.1 Å². The molecule has 0 atom stereocenters. The van der Waals surface area contributed by atoms with Gasteiger partial charge in [-0.1, -0.05) is 60.7 Å². The van der Waals surface area contributed by atoms with Crippen molar-refractivity contribution in [3.63, 3.8) is 0 Å². The monoisotopic (exact) mass is 238 g/mol. The van der Waals surface area contributed by atoms with Crippen LogP contribution in [0.5, 0.6) is 0 Å². The van der Waals surface area contributed by atoms with Crippen LogP contribution in [0.25, 0.3) is 6.08 Å². The van der Waals surface area contributed by atoms with Crippen molar-refractivity contribution in [3.05, 3.63) is 77.4 Å². The number of hydrogen-bond donors (Lipinski definition) is 1. The molecule has 18 heavy (non-hydrogen) atoms. The van der Waals surface area contributed by atoms with Crippen LogP contribution < -0.4 is 0 Å². The largest absolute Gasteiger partial charge is 0.478 e. The van der Waals surface area contributed by atoms with Crippen LogP contribution in [0.2, 0.25) is 0 Å². The van der Waals surface area contributed by atoms with Crippen LogP contribution in [-0.4, -0.2) is 11.1 Å². The molecule has 0 unspecified atom stereocenters. The fraction of sp³-hybridized carbons (Fsp3) is 0.0625. The van der Waals surface area contributed by atoms with E-state index in [1.165, 1.54) is 0 Å². The van der Waals surface area contributed by atoms with E-state index in [-0.39, 0.29) is 0 Å². The van der Waals surface area contributed by atoms with Gasteiger partial charge in [-0.2, -0.15) is 0 Å². The summed E-state index contributed by atoms with van der Waals surface area (Å²) in [5, 5.41) is 9.06. The lowest BCUT2D eigenvalue weighted by molar-refractivity contribution is 0.0696. The summed E-state index contributed by atoms with van der Waals surface area (Å²) in [6.07, 6.45) is 4.60. The molecule has 2 aromatic carbocycles. The molecule has 2 rings (SSSR count). The summed E-state index contributed by atoms with van der Waals surface area (Å²) >= 11 is 0. The third kappa shape index (κ3) is 3.08. The lowest BCUT2D eigenvalue weighted by Crippen LogP contribution is -2.01. The molecular formula is C16H14O2. The Kier molecular flexibility index (Phi) is 3.92. The molecule has 0 aromatic heterocycles. The summed E-state index contributed by atoms with van der Waals surface area (Å²) in [4.78, 5) is 11.0. The normalized spacial score (nSPS) is 10.7. The van der Waals surface area contributed by atoms with Crippen molar-refractivity contribution in [1.82, 2.24) is 0 Å². The number of allylic oxidation sites excluding steroid dienone is 1. The van der Waals surface area contributed by atoms with Gasteiger partial charge in [-0.25, -0.2) is 4.79 Å². The Morgan fingerprint density at radius 3 is 2.39 bits per heavy atom. The highest BCUT2D eigenvalue weighted by Gasteiger charge is 2.06. The number of carboxylic acids is 1. The minimum Gasteiger partial charge on any atom is -0.478 e. The van der Waals surface area contributed by atoms with Crippen molar-refractivity contribution in [3.8, 4) is 0 Å². The van der Waals surface area contributed by atoms with Gasteiger partial charge in [-0.3, -0.25) is 0 Å². The molecule has 1 N–H and O–H groups in total. The van der Waals surface area contributed by atoms with Crippen LogP contribution in [0, 0.1) is 0 Å². The number of carboxylic acid groups (broad SMARTS) is 1. The molecule has 0 saturated carbocycles. The van der Waals surface area contributed by atoms with Gasteiger partial charge in [0.15, 0.2) is 0 Å². The van der Waals surface area contributed by atoms with Gasteiger partial charge in [-0.05, 0) is 23.6 Å². The second-order valence-electron chi connectivity index (χ2n) is 3.98. The van der Waals surface area contributed by atoms with Crippen molar-refractivity contribution in [2.75, 3.05) is 0 Å². The summed E-state index contributed by atoms with van der Waals surface area (Å²) in [5.74, 6) is -0.876. The summed E-state index contributed by atoms with van der Waals surface area (Å²) in [6, 6.07) is 17.0. The predicted octanol–water partition coefficient (Wildman–Crippen LogP) is 3.64. The molecule has 0 heterocycles. The van der Waals surface area contributed by atoms with Crippen molar-refractivity contribution in [2.45, 2.75) is 6.42 Å². The molecule has 2 heteroatoms. The van der Waals surface area contributed by atoms with E-state index < -0.39 is 5.97 Å². The Balaban J connectivity index is 2.11. The molecule has 0 aliphatic carbocycles. The minimum atomic E-state index is -0.876. The van der Waals surface area contributed by atoms with Gasteiger partial charge in [0.25, 0.3) is 0 Å². The highest BCUT2D eigenvalue weighted by molar-refractivity contribution is 5.89. The molecule has 0 aliphatic heterocycles. The van der Waals surface area contributed by atoms with E-state index in [2.05, 4.69) is 0 Å². The quantitative estimate of drug-likeness (QED) is 0.882. The van der Waals surface area contributed by atoms with Crippen molar-refractivity contribution in [1.29, 1.82) is 0 Å². The van der Waals surface area contributed by atoms with Crippen LogP contribution in [0.15, 0.2) is 60.7 Å². The van der Waals surface area contributed by atoms with Gasteiger partial charge in [-0.15, -0.1) is 0 Å². The van der Waals surface area contributed by atoms with E-state index in [1.54, 1.807) is 12.1 Å². The highest BCUT2D eigenvalue weighted by atomic mass is 16.4. The number of rotatable bonds is 4. The van der Waals surface area contributed by atoms with Crippen molar-refractivity contribution >= 4 is 12.0 Å². The van der Waals surface area contributed by atoms with Crippen LogP contribution in [0.4, 0.5) is 0 Å². The van der Waals surface area contributed by atoms with Crippen molar-refractivity contribution in [2.24, 2.45) is 0 Å². The third-order valence-electron chi connectivity index (χ3n) is 2.70. The average Bonchev–Trinajstić information content (AvgIpc) is 2.40. The Labute approximate surface area is 106 Å². The second kappa shape index (κ2) is 5.82. The van der Waals surface area contributed by atoms with Gasteiger partial charge in [0.2, 0.25) is 0 Å². The average molecular weight is 238 g/mol. The van der Waals surface area contributed by atoms with Crippen LogP contribution in [-0.2, 0) is 6.42 Å². The third-order valence-corrected chi connectivity index (χ3v) is 2.70. The van der Waals surface area contributed by atoms with Crippen LogP contribution in [0.3, 0.4) is 0 Å². The van der Waals surface area contributed by atoms with Gasteiger partial charge >= 0.3 is 5.97 Å². The maximum absolute atomic E-state index is 11.0. The number of benzene rings is 2. The Bertz CT molecular complexity index is 556. The molecule has 0 spiro atoms. The van der Waals surface area contributed by atoms with E-state index >= 15 is 0 Å². The first-order valence-corrected chi connectivity index (χ1v) is 5.80. The first-order valence-electron chi connectivity index (χ1n) is 5.80. The van der Waals surface area contributed by atoms with E-state index in [9.17, 15) is 4.79 Å². The zero-order chi connectivity index (χ0) is 12.8. The molecule has 0 bridgehead atoms. The zero-order valence-electron chi connectivity index (χ0n) is 9.91. The Hall–Kier alpha value is -2.35. The molecule has 0 saturated heterocycles. The first-order chi connectivity index (χ1) is 8.77. The maximum atomic E-state index is 11.0. The minimum absolute atomic E-state index is 0.371. The summed E-state index contributed by atoms with van der Waals surface area (Å²) in [6.45, 7) is 0. The predicted molar refractivity (Wildman–Crippen MR) is 72.6 cm³/mol. The molecule has 0 fully saturated rings. The highest BCUT2D eigenvalue weighted by Crippen LogP contribution is 2.11. The van der Waals surface area contributed by atoms with E-state index in [1.807, 2.05) is 54.6 Å². The van der Waals surface area contributed by atoms with Gasteiger partial charge in [0.05, 0.1) is 5.56 Å². The summed E-state index contributed by atoms with van der Waals surface area (Å²) in [7, 11) is 0. The molecule has 2 nitrogen and oxygen atoms in total. The number of carbonyl (C=O) groups is 1. The fourth-order valence-corrected chi connectivity index (χ4v) is 1.79. The first kappa shape index (κ1) is 12.1.